The van der Waals surface area contributed by atoms with Gasteiger partial charge in [-0.25, -0.2) is 14.5 Å². The number of nitrogens with zero attached hydrogens (tertiary/aromatic N) is 6. The first-order valence-corrected chi connectivity index (χ1v) is 8.68. The molecule has 1 aromatic carbocycles. The molecule has 9 nitrogen and oxygen atoms in total. The molecule has 0 spiro atoms. The Morgan fingerprint density at radius 3 is 2.81 bits per heavy atom. The molecule has 2 aromatic heterocycles. The van der Waals surface area contributed by atoms with E-state index in [9.17, 15) is 4.79 Å². The van der Waals surface area contributed by atoms with Gasteiger partial charge in [-0.3, -0.25) is 0 Å². The van der Waals surface area contributed by atoms with E-state index in [1.54, 1.807) is 12.5 Å². The number of urea groups is 1. The zero-order valence-corrected chi connectivity index (χ0v) is 14.2. The molecule has 1 aliphatic rings. The monoisotopic (exact) mass is 352 g/mol. The van der Waals surface area contributed by atoms with Crippen LogP contribution in [0.5, 0.6) is 0 Å². The van der Waals surface area contributed by atoms with E-state index in [1.807, 2.05) is 39.7 Å². The number of carbonyl (C=O) groups is 1. The second kappa shape index (κ2) is 7.34. The molecule has 2 N–H and O–H groups in total. The molecule has 0 bridgehead atoms. The predicted octanol–water partition coefficient (Wildman–Crippen LogP) is 2.08. The van der Waals surface area contributed by atoms with Crippen molar-refractivity contribution in [3.8, 4) is 11.4 Å². The topological polar surface area (TPSA) is 103 Å². The maximum atomic E-state index is 12.0. The number of hydrogen-bond acceptors (Lipinski definition) is 5. The molecule has 1 fully saturated rings. The quantitative estimate of drug-likeness (QED) is 0.634. The lowest BCUT2D eigenvalue weighted by Crippen LogP contribution is -2.30. The summed E-state index contributed by atoms with van der Waals surface area (Å²) in [4.78, 5) is 15.9. The van der Waals surface area contributed by atoms with Crippen LogP contribution in [0.25, 0.3) is 11.4 Å². The third kappa shape index (κ3) is 3.88. The van der Waals surface area contributed by atoms with Gasteiger partial charge in [0.05, 0.1) is 12.4 Å². The molecule has 2 amide bonds. The van der Waals surface area contributed by atoms with Crippen molar-refractivity contribution in [3.63, 3.8) is 0 Å². The highest BCUT2D eigenvalue weighted by molar-refractivity contribution is 5.89. The average molecular weight is 352 g/mol. The minimum atomic E-state index is -0.216. The lowest BCUT2D eigenvalue weighted by Gasteiger charge is -2.09. The van der Waals surface area contributed by atoms with E-state index >= 15 is 0 Å². The summed E-state index contributed by atoms with van der Waals surface area (Å²) in [6.07, 6.45) is 8.50. The standard InChI is InChI=1S/C17H20N8O/c26-17(19-8-1-10-24-11-9-18-12-24)20-14-4-2-13(3-5-14)16-21-22-23-25(16)15-6-7-15/h2-5,9,11-12,15H,1,6-8,10H2,(H2,19,20,26). The van der Waals surface area contributed by atoms with Crippen LogP contribution in [0.15, 0.2) is 43.0 Å². The van der Waals surface area contributed by atoms with Crippen LogP contribution in [0.2, 0.25) is 0 Å². The Hall–Kier alpha value is -3.23. The van der Waals surface area contributed by atoms with E-state index in [0.717, 1.165) is 42.9 Å². The molecule has 9 heteroatoms. The molecular formula is C17H20N8O. The SMILES string of the molecule is O=C(NCCCn1ccnc1)Nc1ccc(-c2nnnn2C2CC2)cc1. The van der Waals surface area contributed by atoms with E-state index in [0.29, 0.717) is 12.6 Å². The van der Waals surface area contributed by atoms with Crippen molar-refractivity contribution in [2.45, 2.75) is 31.8 Å². The van der Waals surface area contributed by atoms with Crippen molar-refractivity contribution in [2.75, 3.05) is 11.9 Å². The minimum Gasteiger partial charge on any atom is -0.338 e. The number of nitrogens with one attached hydrogen (secondary N) is 2. The number of hydrogen-bond donors (Lipinski definition) is 2. The normalized spacial score (nSPS) is 13.5. The van der Waals surface area contributed by atoms with E-state index in [4.69, 9.17) is 0 Å². The van der Waals surface area contributed by atoms with Crippen LogP contribution in [-0.2, 0) is 6.54 Å². The molecule has 0 radical (unpaired) electrons. The Morgan fingerprint density at radius 2 is 2.08 bits per heavy atom. The Balaban J connectivity index is 1.27. The summed E-state index contributed by atoms with van der Waals surface area (Å²) in [6, 6.07) is 7.74. The fourth-order valence-corrected chi connectivity index (χ4v) is 2.71. The Morgan fingerprint density at radius 1 is 1.23 bits per heavy atom. The first-order valence-electron chi connectivity index (χ1n) is 8.68. The van der Waals surface area contributed by atoms with Gasteiger partial charge in [-0.15, -0.1) is 5.10 Å². The van der Waals surface area contributed by atoms with Gasteiger partial charge in [0.2, 0.25) is 0 Å². The lowest BCUT2D eigenvalue weighted by atomic mass is 10.2. The summed E-state index contributed by atoms with van der Waals surface area (Å²) in [6.45, 7) is 1.42. The molecule has 26 heavy (non-hydrogen) atoms. The molecular weight excluding hydrogens is 332 g/mol. The lowest BCUT2D eigenvalue weighted by molar-refractivity contribution is 0.252. The van der Waals surface area contributed by atoms with Crippen LogP contribution >= 0.6 is 0 Å². The van der Waals surface area contributed by atoms with Crippen LogP contribution in [0.1, 0.15) is 25.3 Å². The fourth-order valence-electron chi connectivity index (χ4n) is 2.71. The van der Waals surface area contributed by atoms with Gasteiger partial charge in [-0.2, -0.15) is 0 Å². The van der Waals surface area contributed by atoms with Crippen molar-refractivity contribution in [3.05, 3.63) is 43.0 Å². The number of benzene rings is 1. The number of tetrazole rings is 1. The van der Waals surface area contributed by atoms with Crippen molar-refractivity contribution in [1.82, 2.24) is 35.1 Å². The maximum Gasteiger partial charge on any atom is 0.319 e. The summed E-state index contributed by atoms with van der Waals surface area (Å²) in [5.74, 6) is 0.767. The molecule has 0 unspecified atom stereocenters. The number of aryl methyl sites for hydroxylation is 1. The van der Waals surface area contributed by atoms with Gasteiger partial charge in [0, 0.05) is 36.7 Å². The van der Waals surface area contributed by atoms with Crippen LogP contribution in [0.3, 0.4) is 0 Å². The smallest absolute Gasteiger partial charge is 0.319 e. The first-order chi connectivity index (χ1) is 12.8. The Labute approximate surface area is 150 Å². The van der Waals surface area contributed by atoms with Crippen molar-refractivity contribution < 1.29 is 4.79 Å². The zero-order valence-electron chi connectivity index (χ0n) is 14.2. The third-order valence-electron chi connectivity index (χ3n) is 4.22. The molecule has 2 heterocycles. The summed E-state index contributed by atoms with van der Waals surface area (Å²) in [5.41, 5.74) is 1.67. The number of amides is 2. The van der Waals surface area contributed by atoms with Crippen LogP contribution < -0.4 is 10.6 Å². The number of carbonyl (C=O) groups excluding carboxylic acids is 1. The molecule has 3 aromatic rings. The average Bonchev–Trinajstić information content (AvgIpc) is 3.16. The summed E-state index contributed by atoms with van der Waals surface area (Å²) < 4.78 is 3.85. The van der Waals surface area contributed by atoms with Crippen molar-refractivity contribution in [1.29, 1.82) is 0 Å². The molecule has 1 saturated carbocycles. The van der Waals surface area contributed by atoms with E-state index in [1.165, 1.54) is 0 Å². The largest absolute Gasteiger partial charge is 0.338 e. The highest BCUT2D eigenvalue weighted by Crippen LogP contribution is 2.36. The van der Waals surface area contributed by atoms with E-state index in [2.05, 4.69) is 31.1 Å². The predicted molar refractivity (Wildman–Crippen MR) is 95.4 cm³/mol. The third-order valence-corrected chi connectivity index (χ3v) is 4.22. The molecule has 0 atom stereocenters. The first kappa shape index (κ1) is 16.2. The molecule has 4 rings (SSSR count). The number of imidazole rings is 1. The highest BCUT2D eigenvalue weighted by atomic mass is 16.2. The minimum absolute atomic E-state index is 0.216. The fraction of sp³-hybridized carbons (Fsp3) is 0.353. The van der Waals surface area contributed by atoms with Gasteiger partial charge >= 0.3 is 6.03 Å². The zero-order chi connectivity index (χ0) is 17.8. The van der Waals surface area contributed by atoms with Gasteiger partial charge in [0.1, 0.15) is 0 Å². The van der Waals surface area contributed by atoms with Gasteiger partial charge in [-0.1, -0.05) is 0 Å². The summed E-state index contributed by atoms with van der Waals surface area (Å²) >= 11 is 0. The van der Waals surface area contributed by atoms with Gasteiger partial charge in [0.15, 0.2) is 5.82 Å². The molecule has 0 saturated heterocycles. The molecule has 134 valence electrons. The second-order valence-corrected chi connectivity index (χ2v) is 6.29. The summed E-state index contributed by atoms with van der Waals surface area (Å²) in [7, 11) is 0. The highest BCUT2D eigenvalue weighted by Gasteiger charge is 2.28. The van der Waals surface area contributed by atoms with E-state index < -0.39 is 0 Å². The van der Waals surface area contributed by atoms with Gasteiger partial charge < -0.3 is 15.2 Å². The van der Waals surface area contributed by atoms with Crippen molar-refractivity contribution >= 4 is 11.7 Å². The van der Waals surface area contributed by atoms with Crippen LogP contribution in [0, 0.1) is 0 Å². The van der Waals surface area contributed by atoms with E-state index in [-0.39, 0.29) is 6.03 Å². The molecule has 0 aliphatic heterocycles. The number of anilines is 1. The summed E-state index contributed by atoms with van der Waals surface area (Å²) in [5, 5.41) is 17.6. The number of aromatic nitrogens is 6. The number of rotatable bonds is 7. The Bertz CT molecular complexity index is 851. The van der Waals surface area contributed by atoms with Crippen molar-refractivity contribution in [2.24, 2.45) is 0 Å². The van der Waals surface area contributed by atoms with Crippen LogP contribution in [0.4, 0.5) is 10.5 Å². The maximum absolute atomic E-state index is 12.0. The van der Waals surface area contributed by atoms with Crippen LogP contribution in [-0.4, -0.2) is 42.3 Å². The second-order valence-electron chi connectivity index (χ2n) is 6.29. The van der Waals surface area contributed by atoms with Gasteiger partial charge in [-0.05, 0) is 54.0 Å². The van der Waals surface area contributed by atoms with Gasteiger partial charge in [0.25, 0.3) is 0 Å². The molecule has 1 aliphatic carbocycles. The Kier molecular flexibility index (Phi) is 4.59.